The van der Waals surface area contributed by atoms with Crippen LogP contribution >= 0.6 is 0 Å². The first kappa shape index (κ1) is 15.0. The lowest BCUT2D eigenvalue weighted by Gasteiger charge is -2.26. The topological polar surface area (TPSA) is 89.7 Å². The van der Waals surface area contributed by atoms with Crippen LogP contribution in [0, 0.1) is 5.92 Å². The summed E-state index contributed by atoms with van der Waals surface area (Å²) >= 11 is 0. The molecule has 0 aliphatic carbocycles. The van der Waals surface area contributed by atoms with Crippen LogP contribution in [0.4, 0.5) is 5.69 Å². The molecule has 1 aromatic rings. The van der Waals surface area contributed by atoms with Gasteiger partial charge in [0.15, 0.2) is 0 Å². The third-order valence-corrected chi connectivity index (χ3v) is 4.38. The molecule has 110 valence electrons. The van der Waals surface area contributed by atoms with E-state index >= 15 is 0 Å². The van der Waals surface area contributed by atoms with Crippen LogP contribution in [0.25, 0.3) is 0 Å². The highest BCUT2D eigenvalue weighted by Crippen LogP contribution is 2.22. The maximum Gasteiger partial charge on any atom is 0.238 e. The molecule has 0 atom stereocenters. The molecule has 2 N–H and O–H groups in total. The van der Waals surface area contributed by atoms with Gasteiger partial charge < -0.3 is 9.64 Å². The Morgan fingerprint density at radius 2 is 1.80 bits per heavy atom. The Morgan fingerprint density at radius 1 is 1.25 bits per heavy atom. The lowest BCUT2D eigenvalue weighted by molar-refractivity contribution is -0.124. The zero-order valence-electron chi connectivity index (χ0n) is 11.3. The Hall–Kier alpha value is -1.44. The number of ether oxygens (including phenoxy) is 1. The highest BCUT2D eigenvalue weighted by Gasteiger charge is 2.25. The number of carbonyl (C=O) groups excluding carboxylic acids is 1. The maximum atomic E-state index is 12.3. The summed E-state index contributed by atoms with van der Waals surface area (Å²) in [6.07, 6.45) is 1.44. The van der Waals surface area contributed by atoms with Crippen molar-refractivity contribution < 1.29 is 17.9 Å². The van der Waals surface area contributed by atoms with Gasteiger partial charge in [0.1, 0.15) is 0 Å². The van der Waals surface area contributed by atoms with Gasteiger partial charge in [-0.15, -0.1) is 0 Å². The second-order valence-corrected chi connectivity index (χ2v) is 6.38. The number of sulfonamides is 1. The molecule has 6 nitrogen and oxygen atoms in total. The molecule has 1 heterocycles. The van der Waals surface area contributed by atoms with Crippen molar-refractivity contribution in [2.45, 2.75) is 17.7 Å². The SMILES string of the molecule is CN(C(=O)C1CCOCC1)c1ccc(S(N)(=O)=O)cc1. The Kier molecular flexibility index (Phi) is 4.42. The second-order valence-electron chi connectivity index (χ2n) is 4.82. The predicted molar refractivity (Wildman–Crippen MR) is 74.8 cm³/mol. The zero-order chi connectivity index (χ0) is 14.8. The Labute approximate surface area is 118 Å². The number of primary sulfonamides is 1. The van der Waals surface area contributed by atoms with Gasteiger partial charge in [-0.1, -0.05) is 0 Å². The molecule has 1 fully saturated rings. The third kappa shape index (κ3) is 3.36. The van der Waals surface area contributed by atoms with Crippen LogP contribution in [0.2, 0.25) is 0 Å². The lowest BCUT2D eigenvalue weighted by atomic mass is 9.98. The monoisotopic (exact) mass is 298 g/mol. The number of anilines is 1. The van der Waals surface area contributed by atoms with E-state index in [9.17, 15) is 13.2 Å². The Morgan fingerprint density at radius 3 is 2.30 bits per heavy atom. The van der Waals surface area contributed by atoms with E-state index in [-0.39, 0.29) is 16.7 Å². The minimum absolute atomic E-state index is 0.0247. The van der Waals surface area contributed by atoms with Crippen molar-refractivity contribution in [3.05, 3.63) is 24.3 Å². The summed E-state index contributed by atoms with van der Waals surface area (Å²) in [5, 5.41) is 5.04. The predicted octanol–water partition coefficient (Wildman–Crippen LogP) is 0.723. The van der Waals surface area contributed by atoms with Crippen molar-refractivity contribution in [3.8, 4) is 0 Å². The van der Waals surface area contributed by atoms with Crippen molar-refractivity contribution >= 4 is 21.6 Å². The number of nitrogens with two attached hydrogens (primary N) is 1. The van der Waals surface area contributed by atoms with Crippen molar-refractivity contribution in [2.24, 2.45) is 11.1 Å². The largest absolute Gasteiger partial charge is 0.381 e. The standard InChI is InChI=1S/C13H18N2O4S/c1-15(13(16)10-6-8-19-9-7-10)11-2-4-12(5-3-11)20(14,17)18/h2-5,10H,6-9H2,1H3,(H2,14,17,18). The normalized spacial score (nSPS) is 16.9. The number of carbonyl (C=O) groups is 1. The molecule has 0 spiro atoms. The fourth-order valence-corrected chi connectivity index (χ4v) is 2.72. The van der Waals surface area contributed by atoms with Crippen LogP contribution in [-0.4, -0.2) is 34.6 Å². The van der Waals surface area contributed by atoms with Crippen LogP contribution in [-0.2, 0) is 19.6 Å². The minimum Gasteiger partial charge on any atom is -0.381 e. The van der Waals surface area contributed by atoms with E-state index in [1.807, 2.05) is 0 Å². The first-order valence-corrected chi connectivity index (χ1v) is 7.92. The van der Waals surface area contributed by atoms with E-state index in [4.69, 9.17) is 9.88 Å². The molecule has 20 heavy (non-hydrogen) atoms. The molecule has 0 aromatic heterocycles. The fourth-order valence-electron chi connectivity index (χ4n) is 2.21. The van der Waals surface area contributed by atoms with Gasteiger partial charge >= 0.3 is 0 Å². The second kappa shape index (κ2) is 5.90. The van der Waals surface area contributed by atoms with Crippen molar-refractivity contribution in [3.63, 3.8) is 0 Å². The first-order chi connectivity index (χ1) is 9.39. The maximum absolute atomic E-state index is 12.3. The van der Waals surface area contributed by atoms with Crippen molar-refractivity contribution in [1.82, 2.24) is 0 Å². The van der Waals surface area contributed by atoms with Crippen LogP contribution in [0.15, 0.2) is 29.2 Å². The summed E-state index contributed by atoms with van der Waals surface area (Å²) in [6.45, 7) is 1.21. The molecular formula is C13H18N2O4S. The van der Waals surface area contributed by atoms with Crippen LogP contribution < -0.4 is 10.0 Å². The summed E-state index contributed by atoms with van der Waals surface area (Å²) < 4.78 is 27.6. The molecule has 1 aromatic carbocycles. The number of benzene rings is 1. The van der Waals surface area contributed by atoms with Crippen molar-refractivity contribution in [1.29, 1.82) is 0 Å². The van der Waals surface area contributed by atoms with E-state index in [1.54, 1.807) is 24.1 Å². The summed E-state index contributed by atoms with van der Waals surface area (Å²) in [6, 6.07) is 5.96. The van der Waals surface area contributed by atoms with Gasteiger partial charge in [0.05, 0.1) is 4.90 Å². The molecule has 2 rings (SSSR count). The number of nitrogens with zero attached hydrogens (tertiary/aromatic N) is 1. The van der Waals surface area contributed by atoms with Crippen LogP contribution in [0.1, 0.15) is 12.8 Å². The van der Waals surface area contributed by atoms with Gasteiger partial charge in [0.2, 0.25) is 15.9 Å². The first-order valence-electron chi connectivity index (χ1n) is 6.38. The number of amides is 1. The molecule has 1 saturated heterocycles. The quantitative estimate of drug-likeness (QED) is 0.890. The van der Waals surface area contributed by atoms with E-state index in [2.05, 4.69) is 0 Å². The molecule has 0 bridgehead atoms. The minimum atomic E-state index is -3.71. The lowest BCUT2D eigenvalue weighted by Crippen LogP contribution is -2.35. The van der Waals surface area contributed by atoms with Gasteiger partial charge in [-0.3, -0.25) is 4.79 Å². The number of hydrogen-bond donors (Lipinski definition) is 1. The highest BCUT2D eigenvalue weighted by atomic mass is 32.2. The summed E-state index contributed by atoms with van der Waals surface area (Å²) in [5.41, 5.74) is 0.647. The molecule has 1 amide bonds. The van der Waals surface area contributed by atoms with Crippen LogP contribution in [0.3, 0.4) is 0 Å². The Bertz CT molecular complexity index is 577. The highest BCUT2D eigenvalue weighted by molar-refractivity contribution is 7.89. The van der Waals surface area contributed by atoms with E-state index < -0.39 is 10.0 Å². The average molecular weight is 298 g/mol. The molecule has 0 radical (unpaired) electrons. The van der Waals surface area contributed by atoms with E-state index in [0.29, 0.717) is 18.9 Å². The summed E-state index contributed by atoms with van der Waals surface area (Å²) in [4.78, 5) is 13.9. The molecular weight excluding hydrogens is 280 g/mol. The van der Waals surface area contributed by atoms with E-state index in [1.165, 1.54) is 12.1 Å². The van der Waals surface area contributed by atoms with Gasteiger partial charge in [0.25, 0.3) is 0 Å². The summed E-state index contributed by atoms with van der Waals surface area (Å²) in [7, 11) is -2.02. The van der Waals surface area contributed by atoms with Crippen LogP contribution in [0.5, 0.6) is 0 Å². The molecule has 7 heteroatoms. The smallest absolute Gasteiger partial charge is 0.238 e. The van der Waals surface area contributed by atoms with Gasteiger partial charge in [0, 0.05) is 31.9 Å². The number of hydrogen-bond acceptors (Lipinski definition) is 4. The molecule has 1 aliphatic rings. The Balaban J connectivity index is 2.12. The van der Waals surface area contributed by atoms with Gasteiger partial charge in [-0.05, 0) is 37.1 Å². The van der Waals surface area contributed by atoms with Gasteiger partial charge in [-0.2, -0.15) is 0 Å². The number of rotatable bonds is 3. The fraction of sp³-hybridized carbons (Fsp3) is 0.462. The molecule has 0 saturated carbocycles. The van der Waals surface area contributed by atoms with Crippen molar-refractivity contribution in [2.75, 3.05) is 25.2 Å². The van der Waals surface area contributed by atoms with E-state index in [0.717, 1.165) is 12.8 Å². The zero-order valence-corrected chi connectivity index (χ0v) is 12.1. The van der Waals surface area contributed by atoms with Gasteiger partial charge in [-0.25, -0.2) is 13.6 Å². The molecule has 1 aliphatic heterocycles. The average Bonchev–Trinajstić information content (AvgIpc) is 2.46. The summed E-state index contributed by atoms with van der Waals surface area (Å²) in [5.74, 6) is -0.0108. The molecule has 0 unspecified atom stereocenters. The third-order valence-electron chi connectivity index (χ3n) is 3.45.